The summed E-state index contributed by atoms with van der Waals surface area (Å²) in [5.74, 6) is -1.24. The van der Waals surface area contributed by atoms with Crippen molar-refractivity contribution in [2.75, 3.05) is 6.54 Å². The maximum Gasteiger partial charge on any atom is 0.247 e. The van der Waals surface area contributed by atoms with Crippen LogP contribution < -0.4 is 10.4 Å². The van der Waals surface area contributed by atoms with Crippen LogP contribution in [0.3, 0.4) is 0 Å². The third-order valence-corrected chi connectivity index (χ3v) is 2.55. The van der Waals surface area contributed by atoms with Gasteiger partial charge in [0.15, 0.2) is 0 Å². The SMILES string of the molecule is O=C1C=C(OC(Cc2ccccc2)C(=O)[O-])CN1. The van der Waals surface area contributed by atoms with Gasteiger partial charge >= 0.3 is 0 Å². The summed E-state index contributed by atoms with van der Waals surface area (Å²) in [5.41, 5.74) is 0.838. The highest BCUT2D eigenvalue weighted by molar-refractivity contribution is 5.90. The Balaban J connectivity index is 2.03. The molecule has 1 amide bonds. The lowest BCUT2D eigenvalue weighted by Gasteiger charge is -2.20. The lowest BCUT2D eigenvalue weighted by Crippen LogP contribution is -2.39. The van der Waals surface area contributed by atoms with E-state index in [9.17, 15) is 14.7 Å². The summed E-state index contributed by atoms with van der Waals surface area (Å²) in [4.78, 5) is 21.9. The molecule has 0 spiro atoms. The summed E-state index contributed by atoms with van der Waals surface area (Å²) in [7, 11) is 0. The summed E-state index contributed by atoms with van der Waals surface area (Å²) < 4.78 is 5.26. The van der Waals surface area contributed by atoms with Gasteiger partial charge in [0.05, 0.1) is 12.5 Å². The largest absolute Gasteiger partial charge is 0.546 e. The van der Waals surface area contributed by atoms with Crippen molar-refractivity contribution in [2.24, 2.45) is 0 Å². The molecule has 18 heavy (non-hydrogen) atoms. The first-order valence-electron chi connectivity index (χ1n) is 5.55. The first-order chi connectivity index (χ1) is 8.65. The van der Waals surface area contributed by atoms with Crippen molar-refractivity contribution in [3.05, 3.63) is 47.7 Å². The van der Waals surface area contributed by atoms with Crippen LogP contribution in [0.15, 0.2) is 42.2 Å². The third kappa shape index (κ3) is 3.10. The van der Waals surface area contributed by atoms with Gasteiger partial charge in [-0.25, -0.2) is 0 Å². The van der Waals surface area contributed by atoms with E-state index in [1.807, 2.05) is 30.3 Å². The normalized spacial score (nSPS) is 15.8. The van der Waals surface area contributed by atoms with E-state index in [0.29, 0.717) is 5.76 Å². The molecule has 2 rings (SSSR count). The molecule has 0 saturated carbocycles. The first-order valence-corrected chi connectivity index (χ1v) is 5.55. The lowest BCUT2D eigenvalue weighted by atomic mass is 10.1. The minimum absolute atomic E-state index is 0.203. The highest BCUT2D eigenvalue weighted by Gasteiger charge is 2.18. The standard InChI is InChI=1S/C13H13NO4/c15-12-7-10(8-14-12)18-11(13(16)17)6-9-4-2-1-3-5-9/h1-5,7,11H,6,8H2,(H,14,15)(H,16,17)/p-1. The maximum absolute atomic E-state index is 11.0. The quantitative estimate of drug-likeness (QED) is 0.751. The van der Waals surface area contributed by atoms with Crippen molar-refractivity contribution in [3.8, 4) is 0 Å². The van der Waals surface area contributed by atoms with Crippen LogP contribution in [0.4, 0.5) is 0 Å². The zero-order chi connectivity index (χ0) is 13.0. The van der Waals surface area contributed by atoms with Crippen LogP contribution in [-0.2, 0) is 20.7 Å². The second-order valence-corrected chi connectivity index (χ2v) is 3.94. The molecule has 1 N–H and O–H groups in total. The summed E-state index contributed by atoms with van der Waals surface area (Å²) in [5, 5.41) is 13.5. The fourth-order valence-corrected chi connectivity index (χ4v) is 1.68. The van der Waals surface area contributed by atoms with Gasteiger partial charge in [0.2, 0.25) is 5.91 Å². The number of carboxylic acid groups (broad SMARTS) is 1. The number of nitrogens with one attached hydrogen (secondary N) is 1. The fourth-order valence-electron chi connectivity index (χ4n) is 1.68. The van der Waals surface area contributed by atoms with Crippen LogP contribution in [0, 0.1) is 0 Å². The molecule has 1 aromatic rings. The van der Waals surface area contributed by atoms with Crippen molar-refractivity contribution >= 4 is 11.9 Å². The summed E-state index contributed by atoms with van der Waals surface area (Å²) in [6.07, 6.45) is 0.363. The Kier molecular flexibility index (Phi) is 3.62. The second-order valence-electron chi connectivity index (χ2n) is 3.94. The molecule has 5 heteroatoms. The summed E-state index contributed by atoms with van der Waals surface area (Å²) in [6, 6.07) is 9.11. The van der Waals surface area contributed by atoms with Crippen LogP contribution in [0.5, 0.6) is 0 Å². The average molecular weight is 246 g/mol. The monoisotopic (exact) mass is 246 g/mol. The zero-order valence-corrected chi connectivity index (χ0v) is 9.59. The predicted molar refractivity (Wildman–Crippen MR) is 61.1 cm³/mol. The van der Waals surface area contributed by atoms with Gasteiger partial charge in [-0.1, -0.05) is 30.3 Å². The topological polar surface area (TPSA) is 78.5 Å². The molecule has 94 valence electrons. The van der Waals surface area contributed by atoms with Gasteiger partial charge in [0, 0.05) is 12.5 Å². The van der Waals surface area contributed by atoms with Gasteiger partial charge in [-0.15, -0.1) is 0 Å². The Bertz CT molecular complexity index is 481. The van der Waals surface area contributed by atoms with Crippen molar-refractivity contribution < 1.29 is 19.4 Å². The minimum atomic E-state index is -1.29. The summed E-state index contributed by atoms with van der Waals surface area (Å²) in [6.45, 7) is 0.220. The number of amides is 1. The Labute approximate surface area is 104 Å². The molecule has 0 aliphatic carbocycles. The Morgan fingerprint density at radius 3 is 2.67 bits per heavy atom. The molecule has 1 aliphatic rings. The van der Waals surface area contributed by atoms with Crippen LogP contribution in [-0.4, -0.2) is 24.5 Å². The van der Waals surface area contributed by atoms with E-state index < -0.39 is 12.1 Å². The molecule has 1 aromatic carbocycles. The van der Waals surface area contributed by atoms with E-state index in [1.54, 1.807) is 0 Å². The number of carboxylic acids is 1. The van der Waals surface area contributed by atoms with E-state index in [-0.39, 0.29) is 18.9 Å². The van der Waals surface area contributed by atoms with Gasteiger partial charge in [-0.2, -0.15) is 0 Å². The number of carbonyl (C=O) groups excluding carboxylic acids is 2. The van der Waals surface area contributed by atoms with Crippen molar-refractivity contribution in [3.63, 3.8) is 0 Å². The smallest absolute Gasteiger partial charge is 0.247 e. The van der Waals surface area contributed by atoms with E-state index in [4.69, 9.17) is 4.74 Å². The van der Waals surface area contributed by atoms with Gasteiger partial charge in [-0.05, 0) is 5.56 Å². The average Bonchev–Trinajstić information content (AvgIpc) is 2.75. The third-order valence-electron chi connectivity index (χ3n) is 2.55. The number of rotatable bonds is 5. The lowest BCUT2D eigenvalue weighted by molar-refractivity contribution is -0.315. The Morgan fingerprint density at radius 2 is 2.11 bits per heavy atom. The maximum atomic E-state index is 11.0. The highest BCUT2D eigenvalue weighted by Crippen LogP contribution is 2.11. The van der Waals surface area contributed by atoms with Gasteiger partial charge in [0.1, 0.15) is 11.9 Å². The molecule has 0 saturated heterocycles. The van der Waals surface area contributed by atoms with E-state index in [2.05, 4.69) is 5.32 Å². The molecule has 0 aromatic heterocycles. The molecule has 1 aliphatic heterocycles. The van der Waals surface area contributed by atoms with Crippen molar-refractivity contribution in [2.45, 2.75) is 12.5 Å². The minimum Gasteiger partial charge on any atom is -0.546 e. The molecule has 1 unspecified atom stereocenters. The number of carbonyl (C=O) groups is 2. The first kappa shape index (κ1) is 12.2. The Morgan fingerprint density at radius 1 is 1.39 bits per heavy atom. The van der Waals surface area contributed by atoms with Crippen LogP contribution in [0.25, 0.3) is 0 Å². The number of aliphatic carboxylic acids is 1. The molecule has 5 nitrogen and oxygen atoms in total. The fraction of sp³-hybridized carbons (Fsp3) is 0.231. The summed E-state index contributed by atoms with van der Waals surface area (Å²) >= 11 is 0. The van der Waals surface area contributed by atoms with E-state index in [1.165, 1.54) is 6.08 Å². The van der Waals surface area contributed by atoms with Crippen molar-refractivity contribution in [1.82, 2.24) is 5.32 Å². The zero-order valence-electron chi connectivity index (χ0n) is 9.59. The molecular weight excluding hydrogens is 234 g/mol. The van der Waals surface area contributed by atoms with Gasteiger partial charge < -0.3 is 20.0 Å². The van der Waals surface area contributed by atoms with Crippen LogP contribution >= 0.6 is 0 Å². The molecule has 0 bridgehead atoms. The van der Waals surface area contributed by atoms with E-state index >= 15 is 0 Å². The van der Waals surface area contributed by atoms with Gasteiger partial charge in [0.25, 0.3) is 0 Å². The Hall–Kier alpha value is -2.30. The van der Waals surface area contributed by atoms with E-state index in [0.717, 1.165) is 5.56 Å². The van der Waals surface area contributed by atoms with Gasteiger partial charge in [-0.3, -0.25) is 4.79 Å². The molecule has 1 atom stereocenters. The molecule has 1 heterocycles. The molecule has 0 radical (unpaired) electrons. The van der Waals surface area contributed by atoms with Crippen LogP contribution in [0.2, 0.25) is 0 Å². The molecule has 0 fully saturated rings. The number of hydrogen-bond acceptors (Lipinski definition) is 4. The number of ether oxygens (including phenoxy) is 1. The van der Waals surface area contributed by atoms with Crippen molar-refractivity contribution in [1.29, 1.82) is 0 Å². The number of benzene rings is 1. The number of hydrogen-bond donors (Lipinski definition) is 1. The van der Waals surface area contributed by atoms with Crippen LogP contribution in [0.1, 0.15) is 5.56 Å². The second kappa shape index (κ2) is 5.35. The molecular formula is C13H12NO4-. The highest BCUT2D eigenvalue weighted by atomic mass is 16.5. The predicted octanol–water partition coefficient (Wildman–Crippen LogP) is -0.622.